The lowest BCUT2D eigenvalue weighted by molar-refractivity contribution is 0.261. The van der Waals surface area contributed by atoms with Crippen LogP contribution in [0, 0.1) is 0 Å². The second-order valence-corrected chi connectivity index (χ2v) is 6.62. The Morgan fingerprint density at radius 2 is 1.67 bits per heavy atom. The average Bonchev–Trinajstić information content (AvgIpc) is 2.49. The molecule has 3 heteroatoms. The summed E-state index contributed by atoms with van der Waals surface area (Å²) in [4.78, 5) is 2.63. The van der Waals surface area contributed by atoms with E-state index in [-0.39, 0.29) is 0 Å². The van der Waals surface area contributed by atoms with E-state index >= 15 is 0 Å². The highest BCUT2D eigenvalue weighted by Crippen LogP contribution is 2.11. The molecular weight excluding hydrogens is 324 g/mol. The first kappa shape index (κ1) is 18.7. The molecule has 120 valence electrons. The zero-order chi connectivity index (χ0) is 15.3. The van der Waals surface area contributed by atoms with Gasteiger partial charge in [0.1, 0.15) is 0 Å². The maximum Gasteiger partial charge on any atom is 0.0205 e. The van der Waals surface area contributed by atoms with E-state index in [2.05, 4.69) is 64.3 Å². The normalized spacial score (nSPS) is 11.2. The van der Waals surface area contributed by atoms with Gasteiger partial charge >= 0.3 is 0 Å². The van der Waals surface area contributed by atoms with E-state index in [9.17, 15) is 0 Å². The van der Waals surface area contributed by atoms with E-state index in [1.54, 1.807) is 0 Å². The summed E-state index contributed by atoms with van der Waals surface area (Å²) >= 11 is 3.52. The van der Waals surface area contributed by atoms with Crippen molar-refractivity contribution in [3.63, 3.8) is 0 Å². The molecule has 0 amide bonds. The maximum atomic E-state index is 3.55. The second-order valence-electron chi connectivity index (χ2n) is 5.71. The van der Waals surface area contributed by atoms with Gasteiger partial charge in [-0.1, -0.05) is 54.8 Å². The number of hydrogen-bond donors (Lipinski definition) is 1. The van der Waals surface area contributed by atoms with Crippen LogP contribution in [0.4, 0.5) is 0 Å². The fourth-order valence-corrected chi connectivity index (χ4v) is 2.85. The van der Waals surface area contributed by atoms with Crippen molar-refractivity contribution in [2.45, 2.75) is 52.5 Å². The quantitative estimate of drug-likeness (QED) is 0.540. The third-order valence-corrected chi connectivity index (χ3v) is 4.20. The smallest absolute Gasteiger partial charge is 0.0205 e. The van der Waals surface area contributed by atoms with E-state index in [1.807, 2.05) is 0 Å². The van der Waals surface area contributed by atoms with Crippen LogP contribution in [0.5, 0.6) is 0 Å². The van der Waals surface area contributed by atoms with Crippen LogP contribution in [0.25, 0.3) is 0 Å². The summed E-state index contributed by atoms with van der Waals surface area (Å²) in [7, 11) is 0. The fourth-order valence-electron chi connectivity index (χ4n) is 2.41. The number of nitrogens with zero attached hydrogens (tertiary/aromatic N) is 1. The monoisotopic (exact) mass is 354 g/mol. The van der Waals surface area contributed by atoms with Crippen molar-refractivity contribution >= 4 is 15.9 Å². The summed E-state index contributed by atoms with van der Waals surface area (Å²) in [5, 5.41) is 3.55. The zero-order valence-corrected chi connectivity index (χ0v) is 15.3. The molecule has 2 nitrogen and oxygen atoms in total. The third-order valence-electron chi connectivity index (χ3n) is 3.70. The van der Waals surface area contributed by atoms with Gasteiger partial charge in [0.15, 0.2) is 0 Å². The minimum Gasteiger partial charge on any atom is -0.313 e. The lowest BCUT2D eigenvalue weighted by atomic mass is 10.2. The third kappa shape index (κ3) is 9.28. The summed E-state index contributed by atoms with van der Waals surface area (Å²) < 4.78 is 1.16. The molecule has 1 aromatic carbocycles. The predicted octanol–water partition coefficient (Wildman–Crippen LogP) is 4.83. The molecule has 0 bridgehead atoms. The van der Waals surface area contributed by atoms with Gasteiger partial charge in [-0.2, -0.15) is 0 Å². The zero-order valence-electron chi connectivity index (χ0n) is 13.7. The van der Waals surface area contributed by atoms with Crippen molar-refractivity contribution in [3.05, 3.63) is 34.3 Å². The highest BCUT2D eigenvalue weighted by Gasteiger charge is 2.03. The fraction of sp³-hybridized carbons (Fsp3) is 0.667. The molecule has 0 atom stereocenters. The van der Waals surface area contributed by atoms with Crippen molar-refractivity contribution in [2.75, 3.05) is 26.2 Å². The van der Waals surface area contributed by atoms with Crippen LogP contribution < -0.4 is 5.32 Å². The Kier molecular flexibility index (Phi) is 10.8. The molecule has 0 saturated carbocycles. The largest absolute Gasteiger partial charge is 0.313 e. The van der Waals surface area contributed by atoms with E-state index in [4.69, 9.17) is 0 Å². The summed E-state index contributed by atoms with van der Waals surface area (Å²) in [5.74, 6) is 0. The van der Waals surface area contributed by atoms with E-state index in [0.29, 0.717) is 0 Å². The molecule has 0 aliphatic carbocycles. The van der Waals surface area contributed by atoms with Crippen LogP contribution in [0.15, 0.2) is 28.7 Å². The summed E-state index contributed by atoms with van der Waals surface area (Å²) in [5.41, 5.74) is 1.35. The molecule has 0 saturated heterocycles. The van der Waals surface area contributed by atoms with Gasteiger partial charge in [-0.05, 0) is 63.1 Å². The minimum atomic E-state index is 0.962. The Morgan fingerprint density at radius 1 is 1.00 bits per heavy atom. The Hall–Kier alpha value is -0.380. The standard InChI is InChI=1S/C18H31BrN2/c1-3-5-12-21(13-6-4-2)14-8-11-20-16-17-9-7-10-18(19)15-17/h7,9-10,15,20H,3-6,8,11-14,16H2,1-2H3. The minimum absolute atomic E-state index is 0.962. The van der Waals surface area contributed by atoms with Crippen LogP contribution in [0.3, 0.4) is 0 Å². The van der Waals surface area contributed by atoms with Crippen LogP contribution in [-0.2, 0) is 6.54 Å². The Bertz CT molecular complexity index is 360. The van der Waals surface area contributed by atoms with Gasteiger partial charge in [0, 0.05) is 11.0 Å². The number of benzene rings is 1. The molecule has 0 aromatic heterocycles. The first-order chi connectivity index (χ1) is 10.3. The Labute approximate surface area is 139 Å². The van der Waals surface area contributed by atoms with E-state index < -0.39 is 0 Å². The Balaban J connectivity index is 2.15. The van der Waals surface area contributed by atoms with Gasteiger partial charge in [0.25, 0.3) is 0 Å². The second kappa shape index (κ2) is 12.2. The summed E-state index contributed by atoms with van der Waals surface area (Å²) in [6.45, 7) is 10.4. The van der Waals surface area contributed by atoms with Gasteiger partial charge in [-0.3, -0.25) is 0 Å². The molecule has 0 fully saturated rings. The first-order valence-corrected chi connectivity index (χ1v) is 9.23. The van der Waals surface area contributed by atoms with Crippen molar-refractivity contribution in [3.8, 4) is 0 Å². The molecule has 0 unspecified atom stereocenters. The van der Waals surface area contributed by atoms with Crippen molar-refractivity contribution in [2.24, 2.45) is 0 Å². The summed E-state index contributed by atoms with van der Waals surface area (Å²) in [6, 6.07) is 8.52. The lowest BCUT2D eigenvalue weighted by Gasteiger charge is -2.21. The van der Waals surface area contributed by atoms with Gasteiger partial charge in [-0.15, -0.1) is 0 Å². The number of rotatable bonds is 12. The van der Waals surface area contributed by atoms with Gasteiger partial charge in [0.05, 0.1) is 0 Å². The molecule has 1 aromatic rings. The van der Waals surface area contributed by atoms with Crippen molar-refractivity contribution in [1.82, 2.24) is 10.2 Å². The molecule has 0 heterocycles. The molecule has 1 rings (SSSR count). The van der Waals surface area contributed by atoms with Crippen LogP contribution >= 0.6 is 15.9 Å². The molecule has 21 heavy (non-hydrogen) atoms. The summed E-state index contributed by atoms with van der Waals surface area (Å²) in [6.07, 6.45) is 6.49. The maximum absolute atomic E-state index is 3.55. The highest BCUT2D eigenvalue weighted by atomic mass is 79.9. The molecular formula is C18H31BrN2. The van der Waals surface area contributed by atoms with Crippen LogP contribution in [0.1, 0.15) is 51.5 Å². The van der Waals surface area contributed by atoms with Gasteiger partial charge < -0.3 is 10.2 Å². The van der Waals surface area contributed by atoms with Gasteiger partial charge in [-0.25, -0.2) is 0 Å². The SMILES string of the molecule is CCCCN(CCCC)CCCNCc1cccc(Br)c1. The first-order valence-electron chi connectivity index (χ1n) is 8.43. The van der Waals surface area contributed by atoms with E-state index in [0.717, 1.165) is 17.6 Å². The van der Waals surface area contributed by atoms with E-state index in [1.165, 1.54) is 57.3 Å². The van der Waals surface area contributed by atoms with Crippen molar-refractivity contribution in [1.29, 1.82) is 0 Å². The highest BCUT2D eigenvalue weighted by molar-refractivity contribution is 9.10. The molecule has 0 radical (unpaired) electrons. The topological polar surface area (TPSA) is 15.3 Å². The molecule has 0 spiro atoms. The number of halogens is 1. The predicted molar refractivity (Wildman–Crippen MR) is 96.7 cm³/mol. The number of nitrogens with one attached hydrogen (secondary N) is 1. The van der Waals surface area contributed by atoms with Crippen LogP contribution in [0.2, 0.25) is 0 Å². The van der Waals surface area contributed by atoms with Crippen LogP contribution in [-0.4, -0.2) is 31.1 Å². The Morgan fingerprint density at radius 3 is 2.29 bits per heavy atom. The lowest BCUT2D eigenvalue weighted by Crippen LogP contribution is -2.29. The molecule has 0 aliphatic rings. The van der Waals surface area contributed by atoms with Gasteiger partial charge in [0.2, 0.25) is 0 Å². The molecule has 1 N–H and O–H groups in total. The number of hydrogen-bond acceptors (Lipinski definition) is 2. The average molecular weight is 355 g/mol. The molecule has 0 aliphatic heterocycles. The number of unbranched alkanes of at least 4 members (excludes halogenated alkanes) is 2. The van der Waals surface area contributed by atoms with Crippen molar-refractivity contribution < 1.29 is 0 Å².